The number of aliphatic carboxylic acids is 1. The summed E-state index contributed by atoms with van der Waals surface area (Å²) in [5, 5.41) is 12.5. The van der Waals surface area contributed by atoms with E-state index in [1.807, 2.05) is 0 Å². The highest BCUT2D eigenvalue weighted by Crippen LogP contribution is 2.26. The van der Waals surface area contributed by atoms with Crippen LogP contribution in [0.4, 0.5) is 0 Å². The number of carbonyl (C=O) groups excluding carboxylic acids is 1. The molecule has 1 heterocycles. The highest BCUT2D eigenvalue weighted by molar-refractivity contribution is 7.88. The number of hydrogen-bond acceptors (Lipinski definition) is 6. The van der Waals surface area contributed by atoms with E-state index in [-0.39, 0.29) is 31.4 Å². The Kier molecular flexibility index (Phi) is 8.84. The second kappa shape index (κ2) is 11.1. The molecule has 1 aliphatic heterocycles. The van der Waals surface area contributed by atoms with Gasteiger partial charge in [-0.05, 0) is 49.9 Å². The average Bonchev–Trinajstić information content (AvgIpc) is 2.71. The fourth-order valence-corrected chi connectivity index (χ4v) is 4.31. The first-order chi connectivity index (χ1) is 14.2. The molecule has 8 nitrogen and oxygen atoms in total. The van der Waals surface area contributed by atoms with Crippen LogP contribution in [0.3, 0.4) is 0 Å². The molecule has 1 saturated heterocycles. The van der Waals surface area contributed by atoms with Crippen molar-refractivity contribution in [2.75, 3.05) is 39.0 Å². The average molecular weight is 437 g/mol. The van der Waals surface area contributed by atoms with Gasteiger partial charge in [-0.15, -0.1) is 5.92 Å². The number of hydrogen-bond donors (Lipinski definition) is 2. The van der Waals surface area contributed by atoms with Crippen molar-refractivity contribution in [3.05, 3.63) is 29.8 Å². The van der Waals surface area contributed by atoms with E-state index in [0.29, 0.717) is 37.2 Å². The molecular weight excluding hydrogens is 408 g/mol. The Bertz CT molecular complexity index is 894. The summed E-state index contributed by atoms with van der Waals surface area (Å²) >= 11 is 0. The van der Waals surface area contributed by atoms with Crippen molar-refractivity contribution >= 4 is 21.8 Å². The normalized spacial score (nSPS) is 16.3. The van der Waals surface area contributed by atoms with Crippen molar-refractivity contribution in [2.24, 2.45) is 11.8 Å². The van der Waals surface area contributed by atoms with Gasteiger partial charge in [-0.25, -0.2) is 12.7 Å². The van der Waals surface area contributed by atoms with Gasteiger partial charge >= 0.3 is 5.97 Å². The maximum absolute atomic E-state index is 12.4. The molecule has 0 spiro atoms. The Balaban J connectivity index is 1.83. The Hall–Kier alpha value is -2.41. The zero-order valence-corrected chi connectivity index (χ0v) is 18.1. The van der Waals surface area contributed by atoms with Crippen LogP contribution in [-0.4, -0.2) is 68.6 Å². The van der Waals surface area contributed by atoms with Crippen LogP contribution in [0.5, 0.6) is 5.75 Å². The van der Waals surface area contributed by atoms with Crippen LogP contribution in [0.1, 0.15) is 30.1 Å². The van der Waals surface area contributed by atoms with Crippen LogP contribution >= 0.6 is 0 Å². The van der Waals surface area contributed by atoms with Crippen LogP contribution in [-0.2, 0) is 14.8 Å². The molecule has 1 aliphatic rings. The first-order valence-corrected chi connectivity index (χ1v) is 11.6. The number of carboxylic acids is 1. The molecule has 164 valence electrons. The molecule has 2 rings (SSSR count). The van der Waals surface area contributed by atoms with E-state index in [0.717, 1.165) is 6.26 Å². The predicted octanol–water partition coefficient (Wildman–Crippen LogP) is 1.23. The largest absolute Gasteiger partial charge is 0.481 e. The Morgan fingerprint density at radius 3 is 2.43 bits per heavy atom. The molecule has 1 fully saturated rings. The van der Waals surface area contributed by atoms with Crippen molar-refractivity contribution in [3.8, 4) is 17.6 Å². The zero-order chi connectivity index (χ0) is 22.1. The number of ketones is 1. The van der Waals surface area contributed by atoms with E-state index in [1.54, 1.807) is 31.2 Å². The summed E-state index contributed by atoms with van der Waals surface area (Å²) in [6, 6.07) is 6.71. The second-order valence-corrected chi connectivity index (χ2v) is 9.22. The summed E-state index contributed by atoms with van der Waals surface area (Å²) in [6.45, 7) is 2.83. The first-order valence-electron chi connectivity index (χ1n) is 9.76. The maximum atomic E-state index is 12.4. The van der Waals surface area contributed by atoms with Gasteiger partial charge < -0.3 is 15.2 Å². The Morgan fingerprint density at radius 1 is 1.27 bits per heavy atom. The number of rotatable bonds is 10. The molecular formula is C21H28N2O6S. The summed E-state index contributed by atoms with van der Waals surface area (Å²) in [6.07, 6.45) is 2.14. The summed E-state index contributed by atoms with van der Waals surface area (Å²) in [5.74, 6) is 4.25. The van der Waals surface area contributed by atoms with Crippen molar-refractivity contribution in [1.29, 1.82) is 0 Å². The molecule has 0 aliphatic carbocycles. The quantitative estimate of drug-likeness (QED) is 0.419. The molecule has 0 saturated carbocycles. The van der Waals surface area contributed by atoms with Gasteiger partial charge in [0.1, 0.15) is 12.4 Å². The molecule has 1 aromatic carbocycles. The van der Waals surface area contributed by atoms with Crippen molar-refractivity contribution in [1.82, 2.24) is 9.62 Å². The van der Waals surface area contributed by atoms with Crippen LogP contribution in [0.2, 0.25) is 0 Å². The third-order valence-corrected chi connectivity index (χ3v) is 6.47. The lowest BCUT2D eigenvalue weighted by molar-refractivity contribution is -0.144. The number of sulfonamides is 1. The SMILES string of the molecule is CC#CCOc1ccc(C(=O)CNCC(C(=O)O)C2CCN(S(C)(=O)=O)CC2)cc1. The Labute approximate surface area is 177 Å². The fraction of sp³-hybridized carbons (Fsp3) is 0.524. The number of nitrogens with zero attached hydrogens (tertiary/aromatic N) is 1. The van der Waals surface area contributed by atoms with Crippen LogP contribution in [0, 0.1) is 23.7 Å². The molecule has 0 amide bonds. The van der Waals surface area contributed by atoms with Gasteiger partial charge in [0.05, 0.1) is 18.7 Å². The highest BCUT2D eigenvalue weighted by Gasteiger charge is 2.33. The summed E-state index contributed by atoms with van der Waals surface area (Å²) in [4.78, 5) is 24.0. The number of Topliss-reactive ketones (excluding diaryl/α,β-unsaturated/α-hetero) is 1. The second-order valence-electron chi connectivity index (χ2n) is 7.24. The van der Waals surface area contributed by atoms with Gasteiger partial charge in [0.25, 0.3) is 0 Å². The van der Waals surface area contributed by atoms with Gasteiger partial charge in [0.2, 0.25) is 10.0 Å². The maximum Gasteiger partial charge on any atom is 0.308 e. The Morgan fingerprint density at radius 2 is 1.90 bits per heavy atom. The lowest BCUT2D eigenvalue weighted by atomic mass is 9.84. The third-order valence-electron chi connectivity index (χ3n) is 5.17. The molecule has 0 bridgehead atoms. The summed E-state index contributed by atoms with van der Waals surface area (Å²) < 4.78 is 30.0. The van der Waals surface area contributed by atoms with Crippen molar-refractivity contribution < 1.29 is 27.9 Å². The molecule has 1 atom stereocenters. The minimum atomic E-state index is -3.25. The first kappa shape index (κ1) is 23.9. The summed E-state index contributed by atoms with van der Waals surface area (Å²) in [7, 11) is -3.25. The monoisotopic (exact) mass is 436 g/mol. The number of carboxylic acid groups (broad SMARTS) is 1. The van der Waals surface area contributed by atoms with Gasteiger partial charge in [-0.1, -0.05) is 5.92 Å². The number of ether oxygens (including phenoxy) is 1. The lowest BCUT2D eigenvalue weighted by Gasteiger charge is -2.33. The minimum Gasteiger partial charge on any atom is -0.481 e. The van der Waals surface area contributed by atoms with Gasteiger partial charge in [0.15, 0.2) is 5.78 Å². The predicted molar refractivity (Wildman–Crippen MR) is 113 cm³/mol. The fourth-order valence-electron chi connectivity index (χ4n) is 3.44. The van der Waals surface area contributed by atoms with E-state index in [1.165, 1.54) is 4.31 Å². The zero-order valence-electron chi connectivity index (χ0n) is 17.3. The van der Waals surface area contributed by atoms with E-state index in [4.69, 9.17) is 4.74 Å². The van der Waals surface area contributed by atoms with Crippen LogP contribution < -0.4 is 10.1 Å². The number of nitrogens with one attached hydrogen (secondary N) is 1. The molecule has 2 N–H and O–H groups in total. The standard InChI is InChI=1S/C21H28N2O6S/c1-3-4-13-29-18-7-5-17(6-8-18)20(24)15-22-14-19(21(25)26)16-9-11-23(12-10-16)30(2,27)28/h5-8,16,19,22H,9-15H2,1-2H3,(H,25,26). The van der Waals surface area contributed by atoms with Crippen LogP contribution in [0.25, 0.3) is 0 Å². The van der Waals surface area contributed by atoms with Gasteiger partial charge in [-0.3, -0.25) is 9.59 Å². The van der Waals surface area contributed by atoms with E-state index in [2.05, 4.69) is 17.2 Å². The van der Waals surface area contributed by atoms with Crippen molar-refractivity contribution in [3.63, 3.8) is 0 Å². The van der Waals surface area contributed by atoms with Gasteiger partial charge in [0, 0.05) is 25.2 Å². The topological polar surface area (TPSA) is 113 Å². The van der Waals surface area contributed by atoms with E-state index < -0.39 is 21.9 Å². The minimum absolute atomic E-state index is 0.0213. The third kappa shape index (κ3) is 7.13. The molecule has 0 radical (unpaired) electrons. The molecule has 9 heteroatoms. The van der Waals surface area contributed by atoms with Crippen molar-refractivity contribution in [2.45, 2.75) is 19.8 Å². The number of carbonyl (C=O) groups is 2. The van der Waals surface area contributed by atoms with E-state index >= 15 is 0 Å². The molecule has 1 unspecified atom stereocenters. The van der Waals surface area contributed by atoms with Crippen LogP contribution in [0.15, 0.2) is 24.3 Å². The number of piperidine rings is 1. The van der Waals surface area contributed by atoms with Gasteiger partial charge in [-0.2, -0.15) is 0 Å². The van der Waals surface area contributed by atoms with E-state index in [9.17, 15) is 23.1 Å². The highest BCUT2D eigenvalue weighted by atomic mass is 32.2. The molecule has 30 heavy (non-hydrogen) atoms. The molecule has 0 aromatic heterocycles. The molecule has 1 aromatic rings. The smallest absolute Gasteiger partial charge is 0.308 e. The summed E-state index contributed by atoms with van der Waals surface area (Å²) in [5.41, 5.74) is 0.504. The number of benzene rings is 1. The lowest BCUT2D eigenvalue weighted by Crippen LogP contribution is -2.43.